The molecular weight excluding hydrogens is 688 g/mol. The van der Waals surface area contributed by atoms with E-state index in [0.29, 0.717) is 6.42 Å². The second-order valence-corrected chi connectivity index (χ2v) is 14.5. The Bertz CT molecular complexity index is 924. The minimum absolute atomic E-state index is 0.0357. The molecule has 268 valence electrons. The summed E-state index contributed by atoms with van der Waals surface area (Å²) < 4.78 is 63.5. The number of amides is 1. The lowest BCUT2D eigenvalue weighted by Gasteiger charge is -2.45. The molecule has 12 nitrogen and oxygen atoms in total. The Kier molecular flexibility index (Phi) is 22.8. The van der Waals surface area contributed by atoms with E-state index in [2.05, 4.69) is 25.4 Å². The summed E-state index contributed by atoms with van der Waals surface area (Å²) in [5, 5.41) is 2.67. The molecule has 0 aromatic carbocycles. The van der Waals surface area contributed by atoms with Gasteiger partial charge in [-0.15, -0.1) is 13.2 Å². The highest BCUT2D eigenvalue weighted by Gasteiger charge is 2.52. The number of carbonyl (C=O) groups excluding carboxylic acids is 1. The molecular formula is C30H51Cl3NO11P. The summed E-state index contributed by atoms with van der Waals surface area (Å²) in [6.07, 6.45) is 7.48. The van der Waals surface area contributed by atoms with E-state index in [1.807, 2.05) is 0 Å². The number of ether oxygens (including phenoxy) is 6. The molecule has 0 spiro atoms. The number of alkyl halides is 3. The second-order valence-electron chi connectivity index (χ2n) is 10.3. The predicted molar refractivity (Wildman–Crippen MR) is 178 cm³/mol. The molecule has 0 aromatic rings. The Morgan fingerprint density at radius 1 is 1.04 bits per heavy atom. The van der Waals surface area contributed by atoms with Crippen LogP contribution in [0.1, 0.15) is 58.8 Å². The van der Waals surface area contributed by atoms with Crippen LogP contribution in [-0.4, -0.2) is 93.9 Å². The van der Waals surface area contributed by atoms with Gasteiger partial charge in [-0.1, -0.05) is 92.1 Å². The van der Waals surface area contributed by atoms with Gasteiger partial charge in [0.15, 0.2) is 0 Å². The zero-order chi connectivity index (χ0) is 34.4. The zero-order valence-electron chi connectivity index (χ0n) is 27.2. The van der Waals surface area contributed by atoms with Crippen molar-refractivity contribution in [2.24, 2.45) is 0 Å². The largest absolute Gasteiger partial charge is 0.475 e. The number of carbonyl (C=O) groups is 1. The van der Waals surface area contributed by atoms with Crippen molar-refractivity contribution in [1.82, 2.24) is 5.32 Å². The molecule has 0 unspecified atom stereocenters. The van der Waals surface area contributed by atoms with Gasteiger partial charge in [0, 0.05) is 20.8 Å². The van der Waals surface area contributed by atoms with Crippen LogP contribution in [0.15, 0.2) is 37.6 Å². The van der Waals surface area contributed by atoms with Crippen LogP contribution in [-0.2, 0) is 46.6 Å². The third-order valence-corrected chi connectivity index (χ3v) is 8.40. The monoisotopic (exact) mass is 737 g/mol. The van der Waals surface area contributed by atoms with Crippen LogP contribution in [0.25, 0.3) is 0 Å². The molecule has 0 aromatic heterocycles. The Hall–Kier alpha value is -0.890. The number of halogens is 3. The summed E-state index contributed by atoms with van der Waals surface area (Å²) in [5.74, 6) is 0. The van der Waals surface area contributed by atoms with Gasteiger partial charge in [0.25, 0.3) is 0 Å². The summed E-state index contributed by atoms with van der Waals surface area (Å²) >= 11 is 17.3. The molecule has 1 heterocycles. The summed E-state index contributed by atoms with van der Waals surface area (Å²) in [5.41, 5.74) is 0. The third-order valence-electron chi connectivity index (χ3n) is 6.64. The van der Waals surface area contributed by atoms with E-state index >= 15 is 0 Å². The highest BCUT2D eigenvalue weighted by molar-refractivity contribution is 7.48. The van der Waals surface area contributed by atoms with Crippen LogP contribution >= 0.6 is 42.6 Å². The Balaban J connectivity index is 3.43. The second kappa shape index (κ2) is 24.3. The first kappa shape index (κ1) is 43.1. The van der Waals surface area contributed by atoms with Crippen LogP contribution in [0, 0.1) is 0 Å². The standard InChI is InChI=1S/C30H51Cl3NO11P/c1-7-11-12-13-14-15-23(38-6)16-20-39-27-25(34-29(35)41-22-30(31,32)33)28(40-17-8-2)44-24(21-37-5)26(27)45-46(36,42-18-9-3)43-19-10-4/h8-10,17,23-28H,3-4,7,11-16,18-22H2,1-2,5-6H3,(H,34,35)/b17-8-/t23-,24-,25-,26-,27-,28+/m1/s1. The quantitative estimate of drug-likeness (QED) is 0.0330. The molecule has 0 saturated carbocycles. The number of alkyl carbamates (subject to hydrolysis) is 1. The van der Waals surface area contributed by atoms with Gasteiger partial charge in [0.2, 0.25) is 10.1 Å². The van der Waals surface area contributed by atoms with Crippen molar-refractivity contribution in [3.63, 3.8) is 0 Å². The SMILES string of the molecule is C=CCOP(=O)(OCC=C)O[C@H]1[C@H](OCC[C@@H](CCCCCCC)OC)[C@@H](NC(=O)OCC(Cl)(Cl)Cl)[C@@H](O/C=C\C)O[C@@H]1COC. The fourth-order valence-electron chi connectivity index (χ4n) is 4.50. The molecule has 1 N–H and O–H groups in total. The smallest absolute Gasteiger partial charge is 0.471 e. The van der Waals surface area contributed by atoms with Gasteiger partial charge in [-0.3, -0.25) is 13.6 Å². The molecule has 1 aliphatic rings. The molecule has 0 radical (unpaired) electrons. The molecule has 0 aliphatic carbocycles. The van der Waals surface area contributed by atoms with Crippen molar-refractivity contribution >= 4 is 48.7 Å². The molecule has 1 amide bonds. The van der Waals surface area contributed by atoms with Crippen LogP contribution in [0.4, 0.5) is 4.79 Å². The summed E-state index contributed by atoms with van der Waals surface area (Å²) in [7, 11) is -1.16. The maximum absolute atomic E-state index is 13.8. The number of nitrogens with one attached hydrogen (secondary N) is 1. The maximum Gasteiger partial charge on any atom is 0.475 e. The van der Waals surface area contributed by atoms with E-state index in [9.17, 15) is 9.36 Å². The maximum atomic E-state index is 13.8. The summed E-state index contributed by atoms with van der Waals surface area (Å²) in [4.78, 5) is 12.9. The zero-order valence-corrected chi connectivity index (χ0v) is 30.4. The number of hydrogen-bond donors (Lipinski definition) is 1. The Morgan fingerprint density at radius 2 is 1.72 bits per heavy atom. The summed E-state index contributed by atoms with van der Waals surface area (Å²) in [6.45, 7) is 10.4. The van der Waals surface area contributed by atoms with Gasteiger partial charge < -0.3 is 33.7 Å². The van der Waals surface area contributed by atoms with Crippen molar-refractivity contribution in [3.05, 3.63) is 37.6 Å². The first-order valence-electron chi connectivity index (χ1n) is 15.3. The van der Waals surface area contributed by atoms with E-state index in [4.69, 9.17) is 76.8 Å². The molecule has 6 atom stereocenters. The van der Waals surface area contributed by atoms with Crippen LogP contribution in [0.3, 0.4) is 0 Å². The van der Waals surface area contributed by atoms with Crippen LogP contribution in [0.5, 0.6) is 0 Å². The number of methoxy groups -OCH3 is 2. The fourth-order valence-corrected chi connectivity index (χ4v) is 5.99. The normalized spacial score (nSPS) is 22.8. The van der Waals surface area contributed by atoms with Gasteiger partial charge in [0.05, 0.1) is 32.2 Å². The minimum atomic E-state index is -4.27. The minimum Gasteiger partial charge on any atom is -0.471 e. The van der Waals surface area contributed by atoms with Crippen molar-refractivity contribution in [1.29, 1.82) is 0 Å². The highest BCUT2D eigenvalue weighted by atomic mass is 35.6. The molecule has 1 saturated heterocycles. The topological polar surface area (TPSA) is 129 Å². The summed E-state index contributed by atoms with van der Waals surface area (Å²) in [6, 6.07) is -1.10. The van der Waals surface area contributed by atoms with E-state index < -0.39 is 55.0 Å². The van der Waals surface area contributed by atoms with E-state index in [-0.39, 0.29) is 32.5 Å². The predicted octanol–water partition coefficient (Wildman–Crippen LogP) is 7.42. The number of phosphoric ester groups is 1. The average Bonchev–Trinajstić information content (AvgIpc) is 3.02. The Morgan fingerprint density at radius 3 is 2.28 bits per heavy atom. The van der Waals surface area contributed by atoms with E-state index in [0.717, 1.165) is 25.7 Å². The lowest BCUT2D eigenvalue weighted by molar-refractivity contribution is -0.262. The molecule has 1 aliphatic heterocycles. The lowest BCUT2D eigenvalue weighted by atomic mass is 9.96. The molecule has 1 fully saturated rings. The number of allylic oxidation sites excluding steroid dienone is 1. The van der Waals surface area contributed by atoms with Crippen molar-refractivity contribution in [2.45, 2.75) is 99.3 Å². The van der Waals surface area contributed by atoms with Gasteiger partial charge in [-0.05, 0) is 19.8 Å². The van der Waals surface area contributed by atoms with Crippen molar-refractivity contribution in [2.75, 3.05) is 47.3 Å². The molecule has 1 rings (SSSR count). The fraction of sp³-hybridized carbons (Fsp3) is 0.767. The third kappa shape index (κ3) is 17.5. The number of hydrogen-bond acceptors (Lipinski definition) is 11. The molecule has 16 heteroatoms. The number of phosphoric acid groups is 1. The average molecular weight is 739 g/mol. The van der Waals surface area contributed by atoms with Crippen molar-refractivity contribution < 1.29 is 51.4 Å². The first-order chi connectivity index (χ1) is 22.0. The van der Waals surface area contributed by atoms with Crippen LogP contribution in [0.2, 0.25) is 0 Å². The van der Waals surface area contributed by atoms with Crippen molar-refractivity contribution in [3.8, 4) is 0 Å². The first-order valence-corrected chi connectivity index (χ1v) is 17.9. The van der Waals surface area contributed by atoms with Gasteiger partial charge in [-0.25, -0.2) is 9.36 Å². The number of rotatable bonds is 25. The van der Waals surface area contributed by atoms with Gasteiger partial charge >= 0.3 is 13.9 Å². The number of unbranched alkanes of at least 4 members (excludes halogenated alkanes) is 4. The Labute approximate surface area is 288 Å². The van der Waals surface area contributed by atoms with Gasteiger partial charge in [-0.2, -0.15) is 0 Å². The molecule has 0 bridgehead atoms. The lowest BCUT2D eigenvalue weighted by Crippen LogP contribution is -2.66. The van der Waals surface area contributed by atoms with E-state index in [1.54, 1.807) is 20.1 Å². The highest BCUT2D eigenvalue weighted by Crippen LogP contribution is 2.52. The molecule has 46 heavy (non-hydrogen) atoms. The van der Waals surface area contributed by atoms with Crippen LogP contribution < -0.4 is 5.32 Å². The van der Waals surface area contributed by atoms with E-state index in [1.165, 1.54) is 38.4 Å². The van der Waals surface area contributed by atoms with Gasteiger partial charge in [0.1, 0.15) is 31.0 Å².